The Morgan fingerprint density at radius 1 is 1.35 bits per heavy atom. The van der Waals surface area contributed by atoms with Gasteiger partial charge in [0.1, 0.15) is 18.0 Å². The lowest BCUT2D eigenvalue weighted by Crippen LogP contribution is -2.38. The number of nitrogens with zero attached hydrogens (tertiary/aromatic N) is 1. The average Bonchev–Trinajstić information content (AvgIpc) is 2.98. The Labute approximate surface area is 143 Å². The summed E-state index contributed by atoms with van der Waals surface area (Å²) in [6.45, 7) is 2.24. The number of carbonyl (C=O) groups excluding carboxylic acids is 2. The Hall–Kier alpha value is -2.28. The number of methoxy groups -OCH3 is 1. The fourth-order valence-electron chi connectivity index (χ4n) is 2.06. The Bertz CT molecular complexity index is 699. The van der Waals surface area contributed by atoms with E-state index in [-0.39, 0.29) is 18.4 Å². The van der Waals surface area contributed by atoms with Crippen molar-refractivity contribution in [3.63, 3.8) is 0 Å². The predicted molar refractivity (Wildman–Crippen MR) is 91.7 cm³/mol. The molecule has 0 aliphatic heterocycles. The molecule has 1 aromatic heterocycles. The van der Waals surface area contributed by atoms with E-state index in [1.807, 2.05) is 6.92 Å². The molecule has 6 nitrogen and oxygen atoms in total. The van der Waals surface area contributed by atoms with Crippen LogP contribution in [0, 0.1) is 0 Å². The van der Waals surface area contributed by atoms with Crippen LogP contribution in [0.25, 0.3) is 0 Å². The van der Waals surface area contributed by atoms with E-state index in [4.69, 9.17) is 4.74 Å². The number of amides is 2. The first-order chi connectivity index (χ1) is 11.0. The van der Waals surface area contributed by atoms with Gasteiger partial charge < -0.3 is 19.9 Å². The number of nitrogens with one attached hydrogen (secondary N) is 2. The third kappa shape index (κ3) is 4.59. The number of ether oxygens (including phenoxy) is 1. The van der Waals surface area contributed by atoms with Crippen LogP contribution in [0.5, 0.6) is 5.75 Å². The Kier molecular flexibility index (Phi) is 5.81. The number of H-pyrrole nitrogens is 1. The molecule has 0 saturated heterocycles. The number of halogens is 1. The van der Waals surface area contributed by atoms with Gasteiger partial charge >= 0.3 is 0 Å². The van der Waals surface area contributed by atoms with Gasteiger partial charge in [-0.1, -0.05) is 6.07 Å². The lowest BCUT2D eigenvalue weighted by Gasteiger charge is -2.19. The van der Waals surface area contributed by atoms with Crippen LogP contribution in [0.1, 0.15) is 17.4 Å². The normalized spacial score (nSPS) is 10.2. The highest BCUT2D eigenvalue weighted by atomic mass is 79.9. The molecule has 0 unspecified atom stereocenters. The van der Waals surface area contributed by atoms with E-state index in [1.54, 1.807) is 43.6 Å². The number of hydrogen-bond donors (Lipinski definition) is 2. The smallest absolute Gasteiger partial charge is 0.270 e. The number of hydrogen-bond acceptors (Lipinski definition) is 3. The van der Waals surface area contributed by atoms with Gasteiger partial charge in [-0.3, -0.25) is 9.59 Å². The first-order valence-electron chi connectivity index (χ1n) is 7.10. The van der Waals surface area contributed by atoms with E-state index in [2.05, 4.69) is 26.2 Å². The molecule has 122 valence electrons. The summed E-state index contributed by atoms with van der Waals surface area (Å²) in [7, 11) is 1.56. The maximum atomic E-state index is 12.4. The van der Waals surface area contributed by atoms with Crippen molar-refractivity contribution in [2.24, 2.45) is 0 Å². The second kappa shape index (κ2) is 7.82. The van der Waals surface area contributed by atoms with Gasteiger partial charge in [-0.15, -0.1) is 0 Å². The number of likely N-dealkylation sites (N-methyl/N-ethyl adjacent to an activating group) is 1. The number of anilines is 1. The maximum absolute atomic E-state index is 12.4. The number of aromatic nitrogens is 1. The average molecular weight is 380 g/mol. The highest BCUT2D eigenvalue weighted by molar-refractivity contribution is 9.10. The van der Waals surface area contributed by atoms with E-state index >= 15 is 0 Å². The number of aromatic amines is 1. The summed E-state index contributed by atoms with van der Waals surface area (Å²) in [5, 5.41) is 2.76. The third-order valence-corrected chi connectivity index (χ3v) is 3.69. The summed E-state index contributed by atoms with van der Waals surface area (Å²) < 4.78 is 5.90. The van der Waals surface area contributed by atoms with E-state index in [9.17, 15) is 9.59 Å². The van der Waals surface area contributed by atoms with Crippen LogP contribution in [-0.4, -0.2) is 41.9 Å². The second-order valence-electron chi connectivity index (χ2n) is 4.83. The maximum Gasteiger partial charge on any atom is 0.270 e. The monoisotopic (exact) mass is 379 g/mol. The summed E-state index contributed by atoms with van der Waals surface area (Å²) in [5.41, 5.74) is 1.06. The van der Waals surface area contributed by atoms with Gasteiger partial charge in [-0.25, -0.2) is 0 Å². The van der Waals surface area contributed by atoms with Crippen LogP contribution in [0.3, 0.4) is 0 Å². The first kappa shape index (κ1) is 17.1. The molecule has 0 aliphatic carbocycles. The van der Waals surface area contributed by atoms with Gasteiger partial charge in [0, 0.05) is 29.0 Å². The largest absolute Gasteiger partial charge is 0.497 e. The molecule has 0 bridgehead atoms. The van der Waals surface area contributed by atoms with Gasteiger partial charge in [-0.05, 0) is 41.1 Å². The Morgan fingerprint density at radius 2 is 2.13 bits per heavy atom. The van der Waals surface area contributed by atoms with Crippen molar-refractivity contribution in [2.45, 2.75) is 6.92 Å². The number of benzene rings is 1. The van der Waals surface area contributed by atoms with Crippen LogP contribution in [0.2, 0.25) is 0 Å². The molecule has 0 aliphatic rings. The van der Waals surface area contributed by atoms with Crippen molar-refractivity contribution in [3.05, 3.63) is 46.7 Å². The summed E-state index contributed by atoms with van der Waals surface area (Å²) in [6.07, 6.45) is 1.68. The highest BCUT2D eigenvalue weighted by Gasteiger charge is 2.18. The van der Waals surface area contributed by atoms with Crippen molar-refractivity contribution in [3.8, 4) is 5.75 Å². The molecule has 2 aromatic rings. The minimum atomic E-state index is -0.265. The summed E-state index contributed by atoms with van der Waals surface area (Å²) in [4.78, 5) is 28.8. The van der Waals surface area contributed by atoms with Gasteiger partial charge in [0.05, 0.1) is 7.11 Å². The topological polar surface area (TPSA) is 74.4 Å². The SMILES string of the molecule is CCN(CC(=O)Nc1cccc(OC)c1)C(=O)c1cc(Br)c[nH]1. The third-order valence-electron chi connectivity index (χ3n) is 3.24. The van der Waals surface area contributed by atoms with E-state index < -0.39 is 0 Å². The summed E-state index contributed by atoms with van der Waals surface area (Å²) >= 11 is 3.29. The molecule has 7 heteroatoms. The summed E-state index contributed by atoms with van der Waals surface area (Å²) in [5.74, 6) is 0.167. The van der Waals surface area contributed by atoms with Gasteiger partial charge in [0.2, 0.25) is 5.91 Å². The second-order valence-corrected chi connectivity index (χ2v) is 5.75. The molecule has 2 amide bonds. The molecule has 0 fully saturated rings. The molecule has 2 rings (SSSR count). The Balaban J connectivity index is 2.00. The van der Waals surface area contributed by atoms with E-state index in [0.29, 0.717) is 23.7 Å². The molecular weight excluding hydrogens is 362 g/mol. The molecule has 0 saturated carbocycles. The lowest BCUT2D eigenvalue weighted by atomic mass is 10.3. The van der Waals surface area contributed by atoms with Crippen molar-refractivity contribution in [2.75, 3.05) is 25.5 Å². The minimum absolute atomic E-state index is 0.0246. The zero-order chi connectivity index (χ0) is 16.8. The molecule has 1 heterocycles. The van der Waals surface area contributed by atoms with Crippen LogP contribution < -0.4 is 10.1 Å². The van der Waals surface area contributed by atoms with Crippen LogP contribution in [0.15, 0.2) is 41.0 Å². The van der Waals surface area contributed by atoms with Crippen LogP contribution >= 0.6 is 15.9 Å². The molecule has 0 spiro atoms. The fourth-order valence-corrected chi connectivity index (χ4v) is 2.41. The summed E-state index contributed by atoms with van der Waals surface area (Å²) in [6, 6.07) is 8.75. The zero-order valence-electron chi connectivity index (χ0n) is 12.9. The van der Waals surface area contributed by atoms with Gasteiger partial charge in [0.25, 0.3) is 5.91 Å². The van der Waals surface area contributed by atoms with Crippen molar-refractivity contribution in [1.82, 2.24) is 9.88 Å². The quantitative estimate of drug-likeness (QED) is 0.810. The van der Waals surface area contributed by atoms with E-state index in [0.717, 1.165) is 4.47 Å². The molecule has 1 aromatic carbocycles. The number of carbonyl (C=O) groups is 2. The molecular formula is C16H18BrN3O3. The molecule has 0 radical (unpaired) electrons. The van der Waals surface area contributed by atoms with Crippen LogP contribution in [0.4, 0.5) is 5.69 Å². The fraction of sp³-hybridized carbons (Fsp3) is 0.250. The zero-order valence-corrected chi connectivity index (χ0v) is 14.5. The first-order valence-corrected chi connectivity index (χ1v) is 7.90. The predicted octanol–water partition coefficient (Wildman–Crippen LogP) is 2.89. The van der Waals surface area contributed by atoms with Gasteiger partial charge in [-0.2, -0.15) is 0 Å². The van der Waals surface area contributed by atoms with Crippen molar-refractivity contribution < 1.29 is 14.3 Å². The Morgan fingerprint density at radius 3 is 2.74 bits per heavy atom. The van der Waals surface area contributed by atoms with Crippen molar-refractivity contribution >= 4 is 33.4 Å². The minimum Gasteiger partial charge on any atom is -0.497 e. The number of rotatable bonds is 6. The van der Waals surface area contributed by atoms with Gasteiger partial charge in [0.15, 0.2) is 0 Å². The highest BCUT2D eigenvalue weighted by Crippen LogP contribution is 2.17. The molecule has 2 N–H and O–H groups in total. The van der Waals surface area contributed by atoms with Crippen molar-refractivity contribution in [1.29, 1.82) is 0 Å². The van der Waals surface area contributed by atoms with E-state index in [1.165, 1.54) is 4.90 Å². The standard InChI is InChI=1S/C16H18BrN3O3/c1-3-20(16(22)14-7-11(17)9-18-14)10-15(21)19-12-5-4-6-13(8-12)23-2/h4-9,18H,3,10H2,1-2H3,(H,19,21). The molecule has 23 heavy (non-hydrogen) atoms. The molecule has 0 atom stereocenters. The lowest BCUT2D eigenvalue weighted by molar-refractivity contribution is -0.116. The van der Waals surface area contributed by atoms with Crippen LogP contribution in [-0.2, 0) is 4.79 Å².